The van der Waals surface area contributed by atoms with Crippen molar-refractivity contribution in [2.24, 2.45) is 0 Å². The molecule has 0 saturated carbocycles. The highest BCUT2D eigenvalue weighted by Crippen LogP contribution is 2.32. The Labute approximate surface area is 227 Å². The molecule has 0 radical (unpaired) electrons. The molecule has 0 aliphatic carbocycles. The third kappa shape index (κ3) is 5.76. The van der Waals surface area contributed by atoms with Crippen molar-refractivity contribution in [2.75, 3.05) is 61.5 Å². The van der Waals surface area contributed by atoms with Gasteiger partial charge in [-0.25, -0.2) is 14.4 Å². The van der Waals surface area contributed by atoms with Gasteiger partial charge in [-0.05, 0) is 63.7 Å². The Hall–Kier alpha value is -2.68. The van der Waals surface area contributed by atoms with Crippen LogP contribution in [-0.2, 0) is 6.54 Å². The molecule has 3 aromatic rings. The molecule has 4 heterocycles. The number of halogens is 3. The van der Waals surface area contributed by atoms with Gasteiger partial charge in [-0.15, -0.1) is 0 Å². The largest absolute Gasteiger partial charge is 0.353 e. The van der Waals surface area contributed by atoms with Crippen molar-refractivity contribution in [3.05, 3.63) is 58.0 Å². The summed E-state index contributed by atoms with van der Waals surface area (Å²) in [7, 11) is 4.06. The van der Waals surface area contributed by atoms with E-state index in [2.05, 4.69) is 31.5 Å². The minimum atomic E-state index is -0.439. The van der Waals surface area contributed by atoms with Gasteiger partial charge >= 0.3 is 0 Å². The summed E-state index contributed by atoms with van der Waals surface area (Å²) in [6.45, 7) is 7.02. The molecule has 2 aromatic heterocycles. The van der Waals surface area contributed by atoms with Crippen molar-refractivity contribution in [2.45, 2.75) is 32.4 Å². The van der Waals surface area contributed by atoms with Gasteiger partial charge in [0.05, 0.1) is 15.7 Å². The number of pyridine rings is 1. The third-order valence-electron chi connectivity index (χ3n) is 7.01. The van der Waals surface area contributed by atoms with Gasteiger partial charge in [0.15, 0.2) is 0 Å². The van der Waals surface area contributed by atoms with Crippen LogP contribution in [0.5, 0.6) is 0 Å². The van der Waals surface area contributed by atoms with E-state index in [0.29, 0.717) is 17.0 Å². The molecule has 196 valence electrons. The molecule has 0 spiro atoms. The minimum Gasteiger partial charge on any atom is -0.353 e. The number of rotatable bonds is 6. The zero-order valence-electron chi connectivity index (χ0n) is 21.5. The highest BCUT2D eigenvalue weighted by atomic mass is 35.5. The van der Waals surface area contributed by atoms with Crippen LogP contribution in [0.4, 0.5) is 22.0 Å². The summed E-state index contributed by atoms with van der Waals surface area (Å²) in [6.07, 6.45) is 4.14. The van der Waals surface area contributed by atoms with Crippen molar-refractivity contribution in [3.63, 3.8) is 0 Å². The summed E-state index contributed by atoms with van der Waals surface area (Å²) in [5.74, 6) is 1.95. The second-order valence-corrected chi connectivity index (χ2v) is 10.9. The fourth-order valence-electron chi connectivity index (χ4n) is 5.05. The number of nitrogens with zero attached hydrogens (tertiary/aromatic N) is 7. The van der Waals surface area contributed by atoms with E-state index in [1.807, 2.05) is 32.4 Å². The fourth-order valence-corrected chi connectivity index (χ4v) is 5.54. The average Bonchev–Trinajstić information content (AvgIpc) is 3.31. The van der Waals surface area contributed by atoms with Crippen LogP contribution in [-0.4, -0.2) is 72.7 Å². The number of benzene rings is 1. The first-order chi connectivity index (χ1) is 17.8. The molecule has 1 aromatic carbocycles. The lowest BCUT2D eigenvalue weighted by Crippen LogP contribution is -2.47. The zero-order chi connectivity index (χ0) is 26.1. The Balaban J connectivity index is 1.39. The van der Waals surface area contributed by atoms with Gasteiger partial charge < -0.3 is 19.6 Å². The average molecular weight is 545 g/mol. The highest BCUT2D eigenvalue weighted by molar-refractivity contribution is 6.33. The maximum absolute atomic E-state index is 13.8. The lowest BCUT2D eigenvalue weighted by molar-refractivity contribution is 0.402. The van der Waals surface area contributed by atoms with Gasteiger partial charge in [-0.1, -0.05) is 23.2 Å². The normalized spacial score (nSPS) is 18.2. The quantitative estimate of drug-likeness (QED) is 0.414. The van der Waals surface area contributed by atoms with Crippen molar-refractivity contribution in [1.29, 1.82) is 0 Å². The van der Waals surface area contributed by atoms with E-state index in [1.165, 1.54) is 6.07 Å². The third-order valence-corrected chi connectivity index (χ3v) is 7.57. The Morgan fingerprint density at radius 2 is 1.73 bits per heavy atom. The molecule has 2 aliphatic rings. The lowest BCUT2D eigenvalue weighted by Gasteiger charge is -2.37. The Kier molecular flexibility index (Phi) is 7.70. The zero-order valence-corrected chi connectivity index (χ0v) is 23.0. The molecule has 2 saturated heterocycles. The molecule has 0 N–H and O–H groups in total. The molecule has 0 amide bonds. The molecule has 2 aliphatic heterocycles. The van der Waals surface area contributed by atoms with Gasteiger partial charge in [-0.2, -0.15) is 4.98 Å². The van der Waals surface area contributed by atoms with Crippen LogP contribution >= 0.6 is 23.2 Å². The molecule has 37 heavy (non-hydrogen) atoms. The first-order valence-electron chi connectivity index (χ1n) is 12.7. The molecule has 0 bridgehead atoms. The summed E-state index contributed by atoms with van der Waals surface area (Å²) in [6, 6.07) is 9.09. The summed E-state index contributed by atoms with van der Waals surface area (Å²) in [5.41, 5.74) is 2.61. The highest BCUT2D eigenvalue weighted by Gasteiger charge is 2.26. The number of hydrogen-bond acceptors (Lipinski definition) is 7. The Morgan fingerprint density at radius 3 is 2.38 bits per heavy atom. The van der Waals surface area contributed by atoms with E-state index in [0.717, 1.165) is 80.6 Å². The Bertz CT molecular complexity index is 1260. The van der Waals surface area contributed by atoms with Crippen LogP contribution in [0.2, 0.25) is 10.0 Å². The number of piperazine rings is 1. The van der Waals surface area contributed by atoms with E-state index < -0.39 is 5.82 Å². The van der Waals surface area contributed by atoms with E-state index in [-0.39, 0.29) is 5.02 Å². The van der Waals surface area contributed by atoms with Crippen LogP contribution in [0, 0.1) is 5.82 Å². The first-order valence-corrected chi connectivity index (χ1v) is 13.4. The summed E-state index contributed by atoms with van der Waals surface area (Å²) >= 11 is 12.7. The molecule has 2 fully saturated rings. The summed E-state index contributed by atoms with van der Waals surface area (Å²) < 4.78 is 13.8. The second-order valence-electron chi connectivity index (χ2n) is 10.1. The number of aromatic nitrogens is 3. The first kappa shape index (κ1) is 25.9. The molecule has 7 nitrogen and oxygen atoms in total. The van der Waals surface area contributed by atoms with E-state index in [4.69, 9.17) is 33.2 Å². The molecular formula is C27H32Cl2FN7. The van der Waals surface area contributed by atoms with Crippen molar-refractivity contribution in [3.8, 4) is 11.3 Å². The molecule has 1 unspecified atom stereocenters. The lowest BCUT2D eigenvalue weighted by atomic mass is 10.1. The van der Waals surface area contributed by atoms with Crippen LogP contribution in [0.25, 0.3) is 11.3 Å². The van der Waals surface area contributed by atoms with E-state index in [9.17, 15) is 4.39 Å². The minimum absolute atomic E-state index is 0.0864. The number of hydrogen-bond donors (Lipinski definition) is 0. The van der Waals surface area contributed by atoms with E-state index in [1.54, 1.807) is 12.1 Å². The molecule has 10 heteroatoms. The van der Waals surface area contributed by atoms with Crippen LogP contribution < -0.4 is 14.7 Å². The maximum Gasteiger partial charge on any atom is 0.228 e. The molecule has 5 rings (SSSR count). The van der Waals surface area contributed by atoms with Gasteiger partial charge in [0.25, 0.3) is 0 Å². The van der Waals surface area contributed by atoms with Gasteiger partial charge in [0, 0.05) is 63.1 Å². The molecule has 1 atom stereocenters. The van der Waals surface area contributed by atoms with Crippen LogP contribution in [0.3, 0.4) is 0 Å². The van der Waals surface area contributed by atoms with Crippen molar-refractivity contribution >= 4 is 40.8 Å². The van der Waals surface area contributed by atoms with Crippen LogP contribution in [0.15, 0.2) is 36.5 Å². The standard InChI is InChI=1S/C27H32Cl2FN7/c1-18-5-4-8-37(18)27-32-24(20-6-7-23(30)21(28)14-20)15-25(33-27)35-9-11-36(12-10-35)26-22(29)13-19(16-31-26)17-34(2)3/h6-7,13-16,18H,4-5,8-12,17H2,1-3H3. The number of anilines is 3. The van der Waals surface area contributed by atoms with E-state index >= 15 is 0 Å². The monoisotopic (exact) mass is 543 g/mol. The Morgan fingerprint density at radius 1 is 0.973 bits per heavy atom. The van der Waals surface area contributed by atoms with Crippen molar-refractivity contribution < 1.29 is 4.39 Å². The topological polar surface area (TPSA) is 51.6 Å². The van der Waals surface area contributed by atoms with Crippen molar-refractivity contribution in [1.82, 2.24) is 19.9 Å². The predicted molar refractivity (Wildman–Crippen MR) is 150 cm³/mol. The summed E-state index contributed by atoms with van der Waals surface area (Å²) in [5, 5.41) is 0.763. The van der Waals surface area contributed by atoms with Crippen LogP contribution in [0.1, 0.15) is 25.3 Å². The fraction of sp³-hybridized carbons (Fsp3) is 0.444. The molecular weight excluding hydrogens is 512 g/mol. The van der Waals surface area contributed by atoms with Gasteiger partial charge in [0.1, 0.15) is 17.5 Å². The smallest absolute Gasteiger partial charge is 0.228 e. The van der Waals surface area contributed by atoms with Gasteiger partial charge in [-0.3, -0.25) is 0 Å². The second kappa shape index (κ2) is 11.0. The summed E-state index contributed by atoms with van der Waals surface area (Å²) in [4.78, 5) is 23.4. The van der Waals surface area contributed by atoms with Gasteiger partial charge in [0.2, 0.25) is 5.95 Å². The SMILES string of the molecule is CC1CCCN1c1nc(-c2ccc(F)c(Cl)c2)cc(N2CCN(c3ncc(CN(C)C)cc3Cl)CC2)n1. The predicted octanol–water partition coefficient (Wildman–Crippen LogP) is 5.36. The maximum atomic E-state index is 13.8.